The topological polar surface area (TPSA) is 46.6 Å². The quantitative estimate of drug-likeness (QED) is 0.609. The van der Waals surface area contributed by atoms with E-state index in [1.54, 1.807) is 11.9 Å². The van der Waals surface area contributed by atoms with Crippen LogP contribution in [0.25, 0.3) is 5.57 Å². The van der Waals surface area contributed by atoms with Gasteiger partial charge in [0, 0.05) is 18.3 Å². The summed E-state index contributed by atoms with van der Waals surface area (Å²) in [6.45, 7) is 2.29. The van der Waals surface area contributed by atoms with Crippen LogP contribution in [0.1, 0.15) is 79.3 Å². The van der Waals surface area contributed by atoms with Crippen LogP contribution >= 0.6 is 11.3 Å². The van der Waals surface area contributed by atoms with Gasteiger partial charge in [0.1, 0.15) is 4.88 Å². The Kier molecular flexibility index (Phi) is 6.74. The van der Waals surface area contributed by atoms with E-state index in [2.05, 4.69) is 13.0 Å². The Labute approximate surface area is 166 Å². The molecule has 2 aliphatic carbocycles. The molecular formula is C22H31NO3S. The maximum atomic E-state index is 12.9. The fourth-order valence-corrected chi connectivity index (χ4v) is 5.32. The molecule has 1 fully saturated rings. The molecule has 0 bridgehead atoms. The number of methoxy groups -OCH3 is 1. The number of hydrogen-bond acceptors (Lipinski definition) is 4. The van der Waals surface area contributed by atoms with Gasteiger partial charge in [0.25, 0.3) is 0 Å². The average molecular weight is 390 g/mol. The first-order chi connectivity index (χ1) is 13.0. The zero-order chi connectivity index (χ0) is 19.4. The minimum Gasteiger partial charge on any atom is -0.465 e. The van der Waals surface area contributed by atoms with E-state index in [9.17, 15) is 9.59 Å². The third kappa shape index (κ3) is 4.81. The highest BCUT2D eigenvalue weighted by molar-refractivity contribution is 7.15. The van der Waals surface area contributed by atoms with Gasteiger partial charge in [-0.2, -0.15) is 0 Å². The van der Waals surface area contributed by atoms with Crippen molar-refractivity contribution < 1.29 is 14.3 Å². The predicted octanol–water partition coefficient (Wildman–Crippen LogP) is 5.67. The van der Waals surface area contributed by atoms with Crippen LogP contribution in [0.4, 0.5) is 5.69 Å². The summed E-state index contributed by atoms with van der Waals surface area (Å²) in [5.41, 5.74) is 1.99. The van der Waals surface area contributed by atoms with E-state index < -0.39 is 0 Å². The number of carbonyl (C=O) groups is 2. The van der Waals surface area contributed by atoms with Crippen LogP contribution in [-0.2, 0) is 9.53 Å². The predicted molar refractivity (Wildman–Crippen MR) is 111 cm³/mol. The summed E-state index contributed by atoms with van der Waals surface area (Å²) in [5.74, 6) is 0.991. The molecule has 1 aromatic heterocycles. The Morgan fingerprint density at radius 1 is 1.22 bits per heavy atom. The fourth-order valence-electron chi connectivity index (χ4n) is 4.14. The molecule has 0 N–H and O–H groups in total. The summed E-state index contributed by atoms with van der Waals surface area (Å²) in [6, 6.07) is 2.01. The largest absolute Gasteiger partial charge is 0.465 e. The van der Waals surface area contributed by atoms with Gasteiger partial charge in [0.15, 0.2) is 0 Å². The van der Waals surface area contributed by atoms with Crippen LogP contribution in [0.3, 0.4) is 0 Å². The molecule has 0 saturated heterocycles. The van der Waals surface area contributed by atoms with Crippen molar-refractivity contribution in [3.63, 3.8) is 0 Å². The van der Waals surface area contributed by atoms with Crippen molar-refractivity contribution >= 4 is 34.5 Å². The molecule has 1 amide bonds. The standard InChI is InChI=1S/C22H31NO3S/c1-15-9-11-16(12-10-15)13-20(24)23(2)18-14-19(17-7-5-4-6-8-17)27-21(18)22(25)26-3/h7,14-16H,4-6,8-13H2,1-3H3. The molecule has 1 saturated carbocycles. The summed E-state index contributed by atoms with van der Waals surface area (Å²) >= 11 is 1.45. The lowest BCUT2D eigenvalue weighted by molar-refractivity contribution is -0.119. The molecule has 1 aromatic rings. The lowest BCUT2D eigenvalue weighted by atomic mass is 9.81. The summed E-state index contributed by atoms with van der Waals surface area (Å²) in [7, 11) is 3.19. The maximum Gasteiger partial charge on any atom is 0.350 e. The molecular weight excluding hydrogens is 358 g/mol. The summed E-state index contributed by atoms with van der Waals surface area (Å²) in [6.07, 6.45) is 12.1. The van der Waals surface area contributed by atoms with E-state index in [4.69, 9.17) is 4.74 Å². The van der Waals surface area contributed by atoms with Gasteiger partial charge in [-0.25, -0.2) is 4.79 Å². The van der Waals surface area contributed by atoms with Crippen molar-refractivity contribution in [1.29, 1.82) is 0 Å². The Morgan fingerprint density at radius 3 is 2.59 bits per heavy atom. The molecule has 0 unspecified atom stereocenters. The number of anilines is 1. The fraction of sp³-hybridized carbons (Fsp3) is 0.636. The number of hydrogen-bond donors (Lipinski definition) is 0. The van der Waals surface area contributed by atoms with Gasteiger partial charge in [-0.1, -0.05) is 25.8 Å². The third-order valence-electron chi connectivity index (χ3n) is 6.02. The first kappa shape index (κ1) is 20.1. The van der Waals surface area contributed by atoms with E-state index in [1.807, 2.05) is 6.07 Å². The molecule has 3 rings (SSSR count). The van der Waals surface area contributed by atoms with Crippen molar-refractivity contribution in [3.05, 3.63) is 21.9 Å². The van der Waals surface area contributed by atoms with Gasteiger partial charge < -0.3 is 9.64 Å². The Balaban J connectivity index is 1.78. The van der Waals surface area contributed by atoms with Crippen LogP contribution in [-0.4, -0.2) is 26.0 Å². The molecule has 1 heterocycles. The normalized spacial score (nSPS) is 22.9. The molecule has 27 heavy (non-hydrogen) atoms. The Hall–Kier alpha value is -1.62. The second-order valence-corrected chi connectivity index (χ2v) is 9.13. The zero-order valence-corrected chi connectivity index (χ0v) is 17.6. The summed E-state index contributed by atoms with van der Waals surface area (Å²) < 4.78 is 4.98. The smallest absolute Gasteiger partial charge is 0.350 e. The number of nitrogens with zero attached hydrogens (tertiary/aromatic N) is 1. The average Bonchev–Trinajstić information content (AvgIpc) is 3.14. The van der Waals surface area contributed by atoms with Crippen LogP contribution in [0.5, 0.6) is 0 Å². The number of amides is 1. The summed E-state index contributed by atoms with van der Waals surface area (Å²) in [4.78, 5) is 28.5. The molecule has 2 aliphatic rings. The number of esters is 1. The van der Waals surface area contributed by atoms with Gasteiger partial charge in [0.2, 0.25) is 5.91 Å². The van der Waals surface area contributed by atoms with Crippen molar-refractivity contribution in [1.82, 2.24) is 0 Å². The zero-order valence-electron chi connectivity index (χ0n) is 16.8. The van der Waals surface area contributed by atoms with Gasteiger partial charge in [0.05, 0.1) is 12.8 Å². The molecule has 0 aliphatic heterocycles. The van der Waals surface area contributed by atoms with Gasteiger partial charge in [-0.3, -0.25) is 4.79 Å². The van der Waals surface area contributed by atoms with Gasteiger partial charge >= 0.3 is 5.97 Å². The highest BCUT2D eigenvalue weighted by Crippen LogP contribution is 2.39. The van der Waals surface area contributed by atoms with Gasteiger partial charge in [-0.05, 0) is 62.0 Å². The first-order valence-electron chi connectivity index (χ1n) is 10.2. The highest BCUT2D eigenvalue weighted by atomic mass is 32.1. The number of rotatable bonds is 5. The van der Waals surface area contributed by atoms with E-state index >= 15 is 0 Å². The molecule has 4 nitrogen and oxygen atoms in total. The second-order valence-electron chi connectivity index (χ2n) is 8.07. The number of thiophene rings is 1. The van der Waals surface area contributed by atoms with E-state index in [0.717, 1.165) is 36.5 Å². The SMILES string of the molecule is COC(=O)c1sc(C2=CCCCC2)cc1N(C)C(=O)CC1CCC(C)CC1. The Morgan fingerprint density at radius 2 is 1.96 bits per heavy atom. The maximum absolute atomic E-state index is 12.9. The lowest BCUT2D eigenvalue weighted by Gasteiger charge is -2.27. The van der Waals surface area contributed by atoms with Crippen LogP contribution in [0, 0.1) is 11.8 Å². The summed E-state index contributed by atoms with van der Waals surface area (Å²) in [5, 5.41) is 0. The molecule has 148 valence electrons. The second kappa shape index (κ2) is 9.05. The van der Waals surface area contributed by atoms with Crippen molar-refractivity contribution in [2.45, 2.75) is 64.7 Å². The molecule has 5 heteroatoms. The molecule has 0 atom stereocenters. The molecule has 0 aromatic carbocycles. The van der Waals surface area contributed by atoms with Crippen LogP contribution < -0.4 is 4.90 Å². The number of allylic oxidation sites excluding steroid dienone is 2. The van der Waals surface area contributed by atoms with Crippen LogP contribution in [0.2, 0.25) is 0 Å². The van der Waals surface area contributed by atoms with E-state index in [0.29, 0.717) is 22.9 Å². The van der Waals surface area contributed by atoms with E-state index in [-0.39, 0.29) is 11.9 Å². The number of carbonyl (C=O) groups excluding carboxylic acids is 2. The first-order valence-corrected chi connectivity index (χ1v) is 11.0. The van der Waals surface area contributed by atoms with Crippen molar-refractivity contribution in [2.24, 2.45) is 11.8 Å². The van der Waals surface area contributed by atoms with Crippen LogP contribution in [0.15, 0.2) is 12.1 Å². The molecule has 0 radical (unpaired) electrons. The minimum absolute atomic E-state index is 0.0988. The Bertz CT molecular complexity index is 713. The number of ether oxygens (including phenoxy) is 1. The molecule has 0 spiro atoms. The van der Waals surface area contributed by atoms with Gasteiger partial charge in [-0.15, -0.1) is 11.3 Å². The minimum atomic E-state index is -0.358. The third-order valence-corrected chi connectivity index (χ3v) is 7.20. The lowest BCUT2D eigenvalue weighted by Crippen LogP contribution is -2.30. The van der Waals surface area contributed by atoms with Crippen molar-refractivity contribution in [3.8, 4) is 0 Å². The monoisotopic (exact) mass is 389 g/mol. The highest BCUT2D eigenvalue weighted by Gasteiger charge is 2.27. The van der Waals surface area contributed by atoms with Crippen molar-refractivity contribution in [2.75, 3.05) is 19.1 Å². The van der Waals surface area contributed by atoms with E-state index in [1.165, 1.54) is 49.7 Å².